The summed E-state index contributed by atoms with van der Waals surface area (Å²) >= 11 is 0. The lowest BCUT2D eigenvalue weighted by atomic mass is 9.69. The summed E-state index contributed by atoms with van der Waals surface area (Å²) in [5.41, 5.74) is -4.49. The van der Waals surface area contributed by atoms with Crippen molar-refractivity contribution in [1.29, 1.82) is 0 Å². The second kappa shape index (κ2) is 11.9. The number of hydrogen-bond acceptors (Lipinski definition) is 12. The van der Waals surface area contributed by atoms with Crippen LogP contribution in [0.5, 0.6) is 17.2 Å². The number of alkyl halides is 5. The summed E-state index contributed by atoms with van der Waals surface area (Å²) in [5, 5.41) is 8.65. The molecule has 3 aromatic rings. The standard InChI is InChI=1S/C34H32F5N5O9/c1-48-21-3-8-40-25(41-19-13-30(11-16(19)12-30)29-43-20(14-50-29)28(47)49-2)24(21)27(46)42-18-10-23-22(52-34(38,39)53-23)9-17(18)26(45)44-31-4-6-32(7-5-31,51-15-31)33(35,36)37/h3,8-10,14,16,19H,4-7,11-13,15H2,1-2H3,(H,40,41)(H,42,46)(H,44,45). The number of nitrogens with one attached hydrogen (secondary N) is 3. The third kappa shape index (κ3) is 5.75. The third-order valence-corrected chi connectivity index (χ3v) is 11.1. The number of carbonyl (C=O) groups is 3. The molecule has 1 aromatic carbocycles. The third-order valence-electron chi connectivity index (χ3n) is 11.1. The van der Waals surface area contributed by atoms with Crippen molar-refractivity contribution in [2.24, 2.45) is 5.92 Å². The topological polar surface area (TPSA) is 172 Å². The van der Waals surface area contributed by atoms with Gasteiger partial charge in [-0.05, 0) is 63.0 Å². The minimum absolute atomic E-state index is 0.0453. The summed E-state index contributed by atoms with van der Waals surface area (Å²) in [6.45, 7) is -0.420. The van der Waals surface area contributed by atoms with E-state index in [-0.39, 0.29) is 71.7 Å². The fourth-order valence-corrected chi connectivity index (χ4v) is 8.25. The average Bonchev–Trinajstić information content (AvgIpc) is 3.88. The zero-order valence-electron chi connectivity index (χ0n) is 28.2. The minimum atomic E-state index is -4.59. The monoisotopic (exact) mass is 749 g/mol. The smallest absolute Gasteiger partial charge is 0.496 e. The molecule has 0 radical (unpaired) electrons. The van der Waals surface area contributed by atoms with Crippen LogP contribution in [0.4, 0.5) is 33.5 Å². The first-order valence-corrected chi connectivity index (χ1v) is 16.7. The number of esters is 1. The van der Waals surface area contributed by atoms with E-state index in [1.54, 1.807) is 0 Å². The first kappa shape index (κ1) is 34.9. The van der Waals surface area contributed by atoms with Gasteiger partial charge < -0.3 is 44.1 Å². The number of amides is 2. The van der Waals surface area contributed by atoms with E-state index in [2.05, 4.69) is 35.4 Å². The first-order chi connectivity index (χ1) is 25.1. The molecule has 4 aliphatic carbocycles. The summed E-state index contributed by atoms with van der Waals surface area (Å²) in [6.07, 6.45) is -4.89. The van der Waals surface area contributed by atoms with E-state index < -0.39 is 64.9 Å². The predicted octanol–water partition coefficient (Wildman–Crippen LogP) is 5.34. The quantitative estimate of drug-likeness (QED) is 0.190. The number of halogens is 5. The van der Waals surface area contributed by atoms with Crippen molar-refractivity contribution in [2.45, 2.75) is 80.0 Å². The Kier molecular flexibility index (Phi) is 7.83. The number of aromatic nitrogens is 2. The number of rotatable bonds is 9. The van der Waals surface area contributed by atoms with Crippen LogP contribution in [0.25, 0.3) is 0 Å². The Morgan fingerprint density at radius 3 is 2.34 bits per heavy atom. The fraction of sp³-hybridized carbons (Fsp3) is 0.500. The van der Waals surface area contributed by atoms with Gasteiger partial charge in [-0.2, -0.15) is 13.2 Å². The molecule has 19 heteroatoms. The highest BCUT2D eigenvalue weighted by Crippen LogP contribution is 2.60. The molecule has 1 atom stereocenters. The Morgan fingerprint density at radius 2 is 1.70 bits per heavy atom. The predicted molar refractivity (Wildman–Crippen MR) is 169 cm³/mol. The van der Waals surface area contributed by atoms with Gasteiger partial charge in [-0.3, -0.25) is 9.59 Å². The van der Waals surface area contributed by atoms with E-state index in [9.17, 15) is 36.3 Å². The van der Waals surface area contributed by atoms with Gasteiger partial charge in [0.2, 0.25) is 5.89 Å². The number of fused-ring (bicyclic) bond motifs is 5. The lowest BCUT2D eigenvalue weighted by Gasteiger charge is -2.53. The molecule has 0 spiro atoms. The number of hydrogen-bond donors (Lipinski definition) is 3. The van der Waals surface area contributed by atoms with E-state index in [0.29, 0.717) is 25.2 Å². The lowest BCUT2D eigenvalue weighted by Crippen LogP contribution is -2.66. The second-order valence-electron chi connectivity index (χ2n) is 14.2. The molecule has 3 aliphatic heterocycles. The van der Waals surface area contributed by atoms with Crippen LogP contribution in [0.3, 0.4) is 0 Å². The van der Waals surface area contributed by atoms with Crippen molar-refractivity contribution >= 4 is 29.3 Å². The molecule has 5 heterocycles. The van der Waals surface area contributed by atoms with Gasteiger partial charge in [0.05, 0.1) is 37.6 Å². The van der Waals surface area contributed by atoms with Crippen LogP contribution in [-0.4, -0.2) is 78.2 Å². The molecule has 2 amide bonds. The number of anilines is 2. The number of pyridine rings is 1. The van der Waals surface area contributed by atoms with E-state index in [4.69, 9.17) is 18.6 Å². The van der Waals surface area contributed by atoms with Crippen LogP contribution >= 0.6 is 0 Å². The second-order valence-corrected chi connectivity index (χ2v) is 14.2. The van der Waals surface area contributed by atoms with Gasteiger partial charge in [-0.25, -0.2) is 14.8 Å². The maximum atomic E-state index is 14.1. The van der Waals surface area contributed by atoms with E-state index >= 15 is 0 Å². The van der Waals surface area contributed by atoms with Crippen LogP contribution in [0.1, 0.15) is 82.0 Å². The maximum Gasteiger partial charge on any atom is 0.586 e. The largest absolute Gasteiger partial charge is 0.586 e. The van der Waals surface area contributed by atoms with Crippen LogP contribution < -0.4 is 30.2 Å². The van der Waals surface area contributed by atoms with Crippen molar-refractivity contribution < 1.29 is 64.4 Å². The summed E-state index contributed by atoms with van der Waals surface area (Å²) in [4.78, 5) is 48.6. The van der Waals surface area contributed by atoms with Crippen molar-refractivity contribution in [1.82, 2.24) is 15.3 Å². The van der Waals surface area contributed by atoms with Gasteiger partial charge in [0.25, 0.3) is 11.8 Å². The molecule has 14 nitrogen and oxygen atoms in total. The van der Waals surface area contributed by atoms with Crippen LogP contribution in [0, 0.1) is 5.92 Å². The van der Waals surface area contributed by atoms with Crippen molar-refractivity contribution in [2.75, 3.05) is 31.5 Å². The lowest BCUT2D eigenvalue weighted by molar-refractivity contribution is -0.317. The molecule has 4 saturated carbocycles. The van der Waals surface area contributed by atoms with Gasteiger partial charge in [0, 0.05) is 23.7 Å². The molecule has 10 rings (SSSR count). The van der Waals surface area contributed by atoms with Crippen LogP contribution in [0.2, 0.25) is 0 Å². The van der Waals surface area contributed by atoms with Crippen molar-refractivity contribution in [3.8, 4) is 17.2 Å². The highest BCUT2D eigenvalue weighted by Gasteiger charge is 2.63. The highest BCUT2D eigenvalue weighted by molar-refractivity contribution is 6.13. The molecule has 3 N–H and O–H groups in total. The zero-order valence-corrected chi connectivity index (χ0v) is 28.2. The molecule has 2 saturated heterocycles. The average molecular weight is 750 g/mol. The molecule has 7 aliphatic rings. The number of oxazole rings is 1. The first-order valence-electron chi connectivity index (χ1n) is 16.7. The van der Waals surface area contributed by atoms with Gasteiger partial charge in [-0.15, -0.1) is 8.78 Å². The maximum absolute atomic E-state index is 14.1. The van der Waals surface area contributed by atoms with Crippen LogP contribution in [0.15, 0.2) is 35.1 Å². The van der Waals surface area contributed by atoms with Gasteiger partial charge in [0.1, 0.15) is 23.4 Å². The molecule has 4 bridgehead atoms. The zero-order chi connectivity index (χ0) is 37.6. The molecule has 282 valence electrons. The summed E-state index contributed by atoms with van der Waals surface area (Å²) < 4.78 is 99.7. The molecule has 53 heavy (non-hydrogen) atoms. The number of nitrogens with zero attached hydrogens (tertiary/aromatic N) is 2. The number of methoxy groups -OCH3 is 2. The van der Waals surface area contributed by atoms with E-state index in [1.807, 2.05) is 0 Å². The molecular weight excluding hydrogens is 717 g/mol. The van der Waals surface area contributed by atoms with Gasteiger partial charge >= 0.3 is 18.4 Å². The Hall–Kier alpha value is -5.20. The molecular formula is C34H32F5N5O9. The van der Waals surface area contributed by atoms with E-state index in [1.165, 1.54) is 32.7 Å². The Labute approximate surface area is 297 Å². The van der Waals surface area contributed by atoms with Crippen molar-refractivity contribution in [3.63, 3.8) is 0 Å². The van der Waals surface area contributed by atoms with Gasteiger partial charge in [-0.1, -0.05) is 0 Å². The van der Waals surface area contributed by atoms with Crippen molar-refractivity contribution in [3.05, 3.63) is 53.4 Å². The highest BCUT2D eigenvalue weighted by atomic mass is 19.4. The fourth-order valence-electron chi connectivity index (χ4n) is 8.25. The normalized spacial score (nSPS) is 28.9. The number of benzene rings is 1. The summed E-state index contributed by atoms with van der Waals surface area (Å²) in [5.74, 6) is -2.52. The minimum Gasteiger partial charge on any atom is -0.496 e. The Balaban J connectivity index is 1.05. The number of carbonyl (C=O) groups excluding carboxylic acids is 3. The Bertz CT molecular complexity index is 1990. The summed E-state index contributed by atoms with van der Waals surface area (Å²) in [7, 11) is 2.58. The molecule has 2 aromatic heterocycles. The summed E-state index contributed by atoms with van der Waals surface area (Å²) in [6, 6.07) is 3.20. The van der Waals surface area contributed by atoms with Gasteiger partial charge in [0.15, 0.2) is 22.8 Å². The van der Waals surface area contributed by atoms with Crippen LogP contribution in [-0.2, 0) is 14.9 Å². The van der Waals surface area contributed by atoms with E-state index in [0.717, 1.165) is 12.1 Å². The SMILES string of the molecule is COC(=O)c1coc(C23CC(C2)C(Nc2nccc(OC)c2C(=O)Nc2cc4c(cc2C(=O)NC25CCC(C(F)(F)F)(CC2)OC5)OC(F)(F)O4)C3)n1. The molecule has 6 fully saturated rings. The molecule has 1 unspecified atom stereocenters. The number of ether oxygens (including phenoxy) is 5. The Morgan fingerprint density at radius 1 is 0.981 bits per heavy atom.